The van der Waals surface area contributed by atoms with Crippen LogP contribution in [0.4, 0.5) is 5.69 Å². The number of piperazine rings is 1. The van der Waals surface area contributed by atoms with Gasteiger partial charge in [0.15, 0.2) is 5.82 Å². The number of benzene rings is 2. The van der Waals surface area contributed by atoms with E-state index in [2.05, 4.69) is 32.6 Å². The number of para-hydroxylation sites is 1. The van der Waals surface area contributed by atoms with Gasteiger partial charge in [0.25, 0.3) is 5.91 Å². The van der Waals surface area contributed by atoms with Gasteiger partial charge in [0.05, 0.1) is 0 Å². The number of nitrogens with zero attached hydrogens (tertiary/aromatic N) is 6. The zero-order valence-electron chi connectivity index (χ0n) is 15.7. The number of aromatic nitrogens is 4. The molecule has 0 saturated carbocycles. The lowest BCUT2D eigenvalue weighted by Gasteiger charge is -2.36. The minimum absolute atomic E-state index is 0.0526. The second kappa shape index (κ2) is 8.08. The Labute approximate surface area is 163 Å². The quantitative estimate of drug-likeness (QED) is 0.673. The van der Waals surface area contributed by atoms with Gasteiger partial charge in [-0.15, -0.1) is 5.10 Å². The summed E-state index contributed by atoms with van der Waals surface area (Å²) in [4.78, 5) is 17.0. The molecule has 1 aromatic heterocycles. The fourth-order valence-electron chi connectivity index (χ4n) is 3.20. The van der Waals surface area contributed by atoms with Gasteiger partial charge in [-0.2, -0.15) is 0 Å². The van der Waals surface area contributed by atoms with Crippen molar-refractivity contribution in [3.05, 3.63) is 66.0 Å². The van der Waals surface area contributed by atoms with Crippen LogP contribution in [0, 0.1) is 0 Å². The van der Waals surface area contributed by atoms with Crippen molar-refractivity contribution in [3.63, 3.8) is 0 Å². The number of carbonyl (C=O) groups is 1. The smallest absolute Gasteiger partial charge is 0.253 e. The van der Waals surface area contributed by atoms with Gasteiger partial charge in [-0.1, -0.05) is 18.2 Å². The van der Waals surface area contributed by atoms with Crippen LogP contribution in [0.2, 0.25) is 0 Å². The third-order valence-electron chi connectivity index (χ3n) is 4.87. The number of ether oxygens (including phenoxy) is 1. The van der Waals surface area contributed by atoms with E-state index < -0.39 is 0 Å². The van der Waals surface area contributed by atoms with Gasteiger partial charge in [0.2, 0.25) is 0 Å². The number of rotatable bonds is 5. The summed E-state index contributed by atoms with van der Waals surface area (Å²) in [6, 6.07) is 17.5. The minimum atomic E-state index is 0.0526. The first kappa shape index (κ1) is 18.0. The molecule has 1 aliphatic rings. The normalized spacial score (nSPS) is 14.2. The monoisotopic (exact) mass is 378 g/mol. The topological polar surface area (TPSA) is 76.4 Å². The highest BCUT2D eigenvalue weighted by molar-refractivity contribution is 5.94. The highest BCUT2D eigenvalue weighted by Gasteiger charge is 2.22. The molecular formula is C20H22N6O2. The molecule has 1 amide bonds. The molecule has 144 valence electrons. The first-order chi connectivity index (χ1) is 13.7. The van der Waals surface area contributed by atoms with E-state index >= 15 is 0 Å². The third kappa shape index (κ3) is 3.95. The fraction of sp³-hybridized carbons (Fsp3) is 0.300. The van der Waals surface area contributed by atoms with Crippen molar-refractivity contribution in [1.29, 1.82) is 0 Å². The summed E-state index contributed by atoms with van der Waals surface area (Å²) in [6.07, 6.45) is 0. The van der Waals surface area contributed by atoms with Crippen LogP contribution in [0.25, 0.3) is 0 Å². The number of anilines is 1. The Morgan fingerprint density at radius 2 is 1.71 bits per heavy atom. The third-order valence-corrected chi connectivity index (χ3v) is 4.87. The van der Waals surface area contributed by atoms with Gasteiger partial charge in [-0.25, -0.2) is 4.68 Å². The Morgan fingerprint density at radius 1 is 1.00 bits per heavy atom. The summed E-state index contributed by atoms with van der Waals surface area (Å²) in [7, 11) is 1.76. The summed E-state index contributed by atoms with van der Waals surface area (Å²) >= 11 is 0. The molecule has 2 heterocycles. The Balaban J connectivity index is 1.32. The number of amides is 1. The van der Waals surface area contributed by atoms with Crippen molar-refractivity contribution < 1.29 is 9.53 Å². The molecular weight excluding hydrogens is 356 g/mol. The van der Waals surface area contributed by atoms with Gasteiger partial charge < -0.3 is 14.5 Å². The van der Waals surface area contributed by atoms with Crippen LogP contribution in [0.15, 0.2) is 54.6 Å². The van der Waals surface area contributed by atoms with Crippen molar-refractivity contribution >= 4 is 11.6 Å². The van der Waals surface area contributed by atoms with Crippen molar-refractivity contribution in [2.75, 3.05) is 31.1 Å². The van der Waals surface area contributed by atoms with E-state index in [4.69, 9.17) is 4.74 Å². The number of hydrogen-bond acceptors (Lipinski definition) is 6. The molecule has 0 N–H and O–H groups in total. The lowest BCUT2D eigenvalue weighted by molar-refractivity contribution is 0.0746. The molecule has 0 spiro atoms. The van der Waals surface area contributed by atoms with E-state index in [1.807, 2.05) is 23.1 Å². The van der Waals surface area contributed by atoms with Crippen LogP contribution >= 0.6 is 0 Å². The highest BCUT2D eigenvalue weighted by atomic mass is 16.5. The maximum Gasteiger partial charge on any atom is 0.253 e. The molecule has 8 heteroatoms. The van der Waals surface area contributed by atoms with E-state index in [0.717, 1.165) is 13.1 Å². The van der Waals surface area contributed by atoms with Crippen molar-refractivity contribution in [2.24, 2.45) is 7.05 Å². The molecule has 0 atom stereocenters. The summed E-state index contributed by atoms with van der Waals surface area (Å²) in [5, 5.41) is 11.2. The molecule has 1 fully saturated rings. The Hall–Kier alpha value is -3.42. The minimum Gasteiger partial charge on any atom is -0.486 e. The molecule has 3 aromatic rings. The Bertz CT molecular complexity index is 917. The molecule has 8 nitrogen and oxygen atoms in total. The maximum atomic E-state index is 12.8. The van der Waals surface area contributed by atoms with E-state index in [0.29, 0.717) is 30.2 Å². The maximum absolute atomic E-state index is 12.8. The zero-order chi connectivity index (χ0) is 19.3. The Morgan fingerprint density at radius 3 is 2.36 bits per heavy atom. The standard InChI is InChI=1S/C20H22N6O2/c1-24-19(21-22-23-24)15-28-18-9-7-16(8-10-18)20(27)26-13-11-25(12-14-26)17-5-3-2-4-6-17/h2-10H,11-15H2,1H3. The lowest BCUT2D eigenvalue weighted by atomic mass is 10.1. The van der Waals surface area contributed by atoms with Crippen LogP contribution in [-0.2, 0) is 13.7 Å². The SMILES string of the molecule is Cn1nnnc1COc1ccc(C(=O)N2CCN(c3ccccc3)CC2)cc1. The zero-order valence-corrected chi connectivity index (χ0v) is 15.7. The van der Waals surface area contributed by atoms with Crippen molar-refractivity contribution in [3.8, 4) is 5.75 Å². The van der Waals surface area contributed by atoms with Crippen LogP contribution < -0.4 is 9.64 Å². The molecule has 0 radical (unpaired) electrons. The van der Waals surface area contributed by atoms with Gasteiger partial charge in [-0.3, -0.25) is 4.79 Å². The number of aryl methyl sites for hydroxylation is 1. The second-order valence-corrected chi connectivity index (χ2v) is 6.65. The predicted octanol–water partition coefficient (Wildman–Crippen LogP) is 1.75. The second-order valence-electron chi connectivity index (χ2n) is 6.65. The van der Waals surface area contributed by atoms with Gasteiger partial charge in [-0.05, 0) is 46.8 Å². The fourth-order valence-corrected chi connectivity index (χ4v) is 3.20. The van der Waals surface area contributed by atoms with Crippen LogP contribution in [0.5, 0.6) is 5.75 Å². The molecule has 4 rings (SSSR count). The summed E-state index contributed by atoms with van der Waals surface area (Å²) in [5.74, 6) is 1.36. The average Bonchev–Trinajstić information content (AvgIpc) is 3.17. The van der Waals surface area contributed by atoms with Crippen LogP contribution in [-0.4, -0.2) is 57.2 Å². The van der Waals surface area contributed by atoms with Crippen LogP contribution in [0.1, 0.15) is 16.2 Å². The number of carbonyl (C=O) groups excluding carboxylic acids is 1. The summed E-state index contributed by atoms with van der Waals surface area (Å²) in [6.45, 7) is 3.37. The van der Waals surface area contributed by atoms with Gasteiger partial charge >= 0.3 is 0 Å². The first-order valence-electron chi connectivity index (χ1n) is 9.24. The molecule has 0 unspecified atom stereocenters. The van der Waals surface area contributed by atoms with Crippen LogP contribution in [0.3, 0.4) is 0 Å². The molecule has 28 heavy (non-hydrogen) atoms. The molecule has 0 aliphatic carbocycles. The number of hydrogen-bond donors (Lipinski definition) is 0. The Kier molecular flexibility index (Phi) is 5.18. The van der Waals surface area contributed by atoms with Crippen molar-refractivity contribution in [2.45, 2.75) is 6.61 Å². The largest absolute Gasteiger partial charge is 0.486 e. The van der Waals surface area contributed by atoms with Gasteiger partial charge in [0.1, 0.15) is 12.4 Å². The number of tetrazole rings is 1. The van der Waals surface area contributed by atoms with E-state index in [9.17, 15) is 4.79 Å². The summed E-state index contributed by atoms with van der Waals surface area (Å²) in [5.41, 5.74) is 1.87. The molecule has 1 saturated heterocycles. The van der Waals surface area contributed by atoms with Crippen molar-refractivity contribution in [1.82, 2.24) is 25.1 Å². The van der Waals surface area contributed by atoms with Gasteiger partial charge in [0, 0.05) is 44.5 Å². The average molecular weight is 378 g/mol. The first-order valence-corrected chi connectivity index (χ1v) is 9.24. The van der Waals surface area contributed by atoms with E-state index in [1.165, 1.54) is 5.69 Å². The summed E-state index contributed by atoms with van der Waals surface area (Å²) < 4.78 is 7.24. The molecule has 1 aliphatic heterocycles. The van der Waals surface area contributed by atoms with E-state index in [1.54, 1.807) is 36.0 Å². The highest BCUT2D eigenvalue weighted by Crippen LogP contribution is 2.18. The lowest BCUT2D eigenvalue weighted by Crippen LogP contribution is -2.48. The molecule has 2 aromatic carbocycles. The molecule has 0 bridgehead atoms. The predicted molar refractivity (Wildman–Crippen MR) is 104 cm³/mol. The van der Waals surface area contributed by atoms with E-state index in [-0.39, 0.29) is 12.5 Å².